The lowest BCUT2D eigenvalue weighted by atomic mass is 9.58. The van der Waals surface area contributed by atoms with Gasteiger partial charge in [0, 0.05) is 36.8 Å². The number of fused-ring (bicyclic) bond motifs is 1. The average molecular weight is 485 g/mol. The van der Waals surface area contributed by atoms with E-state index in [1.54, 1.807) is 18.1 Å². The van der Waals surface area contributed by atoms with Crippen LogP contribution in [0.3, 0.4) is 0 Å². The van der Waals surface area contributed by atoms with Crippen LogP contribution in [0.25, 0.3) is 0 Å². The molecule has 3 fully saturated rings. The van der Waals surface area contributed by atoms with Crippen LogP contribution in [-0.2, 0) is 4.79 Å². The first-order valence-electron chi connectivity index (χ1n) is 12.9. The Balaban J connectivity index is 1.30. The van der Waals surface area contributed by atoms with Crippen molar-refractivity contribution in [3.63, 3.8) is 0 Å². The molecule has 4 aliphatic rings. The number of hydrogen-bond donors (Lipinski definition) is 0. The van der Waals surface area contributed by atoms with Crippen molar-refractivity contribution in [3.8, 4) is 0 Å². The number of halogens is 3. The third-order valence-electron chi connectivity index (χ3n) is 8.70. The second-order valence-corrected chi connectivity index (χ2v) is 12.9. The molecule has 7 heteroatoms. The molecule has 0 radical (unpaired) electrons. The molecule has 0 bridgehead atoms. The molecule has 3 nitrogen and oxygen atoms in total. The van der Waals surface area contributed by atoms with Gasteiger partial charge in [0.1, 0.15) is 0 Å². The Bertz CT molecular complexity index is 830. The van der Waals surface area contributed by atoms with Crippen LogP contribution >= 0.6 is 8.73 Å². The summed E-state index contributed by atoms with van der Waals surface area (Å²) in [5.41, 5.74) is 4.68. The van der Waals surface area contributed by atoms with Crippen molar-refractivity contribution >= 4 is 14.6 Å². The van der Waals surface area contributed by atoms with Crippen molar-refractivity contribution in [3.05, 3.63) is 22.8 Å². The van der Waals surface area contributed by atoms with Gasteiger partial charge in [-0.2, -0.15) is 13.2 Å². The van der Waals surface area contributed by atoms with Gasteiger partial charge >= 0.3 is 6.18 Å². The average Bonchev–Trinajstić information content (AvgIpc) is 3.16. The fourth-order valence-corrected chi connectivity index (χ4v) is 8.34. The SMILES string of the molecule is CCCCC(CC(C)C(=O)N1CCC2(C1)CN(C(CC)C1=C3C(=C1)C(C)C3C)P2)C(F)(F)F. The van der Waals surface area contributed by atoms with Gasteiger partial charge < -0.3 is 4.90 Å². The van der Waals surface area contributed by atoms with Crippen LogP contribution in [0, 0.1) is 23.7 Å². The van der Waals surface area contributed by atoms with Crippen molar-refractivity contribution in [2.75, 3.05) is 19.6 Å². The molecule has 0 aromatic heterocycles. The van der Waals surface area contributed by atoms with Crippen molar-refractivity contribution in [1.82, 2.24) is 9.57 Å². The number of rotatable bonds is 9. The van der Waals surface area contributed by atoms with Crippen LogP contribution in [-0.4, -0.2) is 52.5 Å². The summed E-state index contributed by atoms with van der Waals surface area (Å²) in [5.74, 6) is -0.653. The Hall–Kier alpha value is -0.870. The number of alkyl halides is 3. The molecule has 1 amide bonds. The van der Waals surface area contributed by atoms with E-state index in [0.29, 0.717) is 46.1 Å². The van der Waals surface area contributed by atoms with Gasteiger partial charge in [0.15, 0.2) is 0 Å². The van der Waals surface area contributed by atoms with E-state index in [4.69, 9.17) is 0 Å². The molecule has 1 saturated carbocycles. The van der Waals surface area contributed by atoms with E-state index in [0.717, 1.165) is 25.8 Å². The van der Waals surface area contributed by atoms with Gasteiger partial charge in [0.2, 0.25) is 5.91 Å². The number of unbranched alkanes of at least 4 members (excludes halogenated alkanes) is 1. The second-order valence-electron chi connectivity index (χ2n) is 11.0. The number of hydrogen-bond acceptors (Lipinski definition) is 2. The van der Waals surface area contributed by atoms with Crippen molar-refractivity contribution in [2.45, 2.75) is 90.5 Å². The highest BCUT2D eigenvalue weighted by Crippen LogP contribution is 2.59. The lowest BCUT2D eigenvalue weighted by Crippen LogP contribution is -2.55. The van der Waals surface area contributed by atoms with Crippen LogP contribution in [0.1, 0.15) is 73.1 Å². The Morgan fingerprint density at radius 3 is 2.52 bits per heavy atom. The maximum absolute atomic E-state index is 13.4. The molecule has 4 rings (SSSR count). The number of carbonyl (C=O) groups excluding carboxylic acids is 1. The van der Waals surface area contributed by atoms with Crippen molar-refractivity contribution in [2.24, 2.45) is 23.7 Å². The lowest BCUT2D eigenvalue weighted by molar-refractivity contribution is -0.182. The third-order valence-corrected chi connectivity index (χ3v) is 10.5. The molecule has 0 N–H and O–H groups in total. The van der Waals surface area contributed by atoms with E-state index in [1.807, 2.05) is 11.8 Å². The molecule has 2 aliphatic heterocycles. The minimum absolute atomic E-state index is 0.0818. The summed E-state index contributed by atoms with van der Waals surface area (Å²) in [4.78, 5) is 14.9. The summed E-state index contributed by atoms with van der Waals surface area (Å²) in [7, 11) is 0.700. The third kappa shape index (κ3) is 4.56. The number of amides is 1. The Kier molecular flexibility index (Phi) is 7.11. The zero-order chi connectivity index (χ0) is 24.1. The summed E-state index contributed by atoms with van der Waals surface area (Å²) >= 11 is 0. The Morgan fingerprint density at radius 1 is 1.24 bits per heavy atom. The van der Waals surface area contributed by atoms with Gasteiger partial charge in [-0.25, -0.2) is 0 Å². The molecule has 7 atom stereocenters. The quantitative estimate of drug-likeness (QED) is 0.346. The summed E-state index contributed by atoms with van der Waals surface area (Å²) in [6.07, 6.45) is 1.61. The molecular weight excluding hydrogens is 444 g/mol. The second kappa shape index (κ2) is 9.30. The van der Waals surface area contributed by atoms with Crippen LogP contribution in [0.4, 0.5) is 13.2 Å². The Morgan fingerprint density at radius 2 is 1.94 bits per heavy atom. The first-order valence-corrected chi connectivity index (χ1v) is 13.8. The van der Waals surface area contributed by atoms with Crippen LogP contribution in [0.5, 0.6) is 0 Å². The number of allylic oxidation sites excluding steroid dienone is 2. The normalized spacial score (nSPS) is 32.7. The summed E-state index contributed by atoms with van der Waals surface area (Å²) in [6.45, 7) is 12.9. The minimum Gasteiger partial charge on any atom is -0.341 e. The maximum atomic E-state index is 13.4. The largest absolute Gasteiger partial charge is 0.391 e. The lowest BCUT2D eigenvalue weighted by Gasteiger charge is -2.55. The molecule has 33 heavy (non-hydrogen) atoms. The standard InChI is InChI=1S/C26H40F3N2OP/c1-6-8-9-19(26(27,28)29)12-16(3)24(32)30-11-10-25(14-30)15-31(33-25)22(7-2)21-13-20-17(4)18(5)23(20)21/h13,16-19,22,33H,6-12,14-15H2,1-5H3. The Labute approximate surface area is 199 Å². The van der Waals surface area contributed by atoms with Crippen molar-refractivity contribution in [1.29, 1.82) is 0 Å². The molecule has 0 aromatic rings. The summed E-state index contributed by atoms with van der Waals surface area (Å²) < 4.78 is 42.9. The van der Waals surface area contributed by atoms with Crippen molar-refractivity contribution < 1.29 is 18.0 Å². The number of carbonyl (C=O) groups is 1. The smallest absolute Gasteiger partial charge is 0.341 e. The van der Waals surface area contributed by atoms with Crippen LogP contribution in [0.2, 0.25) is 0 Å². The van der Waals surface area contributed by atoms with Crippen LogP contribution in [0.15, 0.2) is 22.8 Å². The molecule has 2 aliphatic carbocycles. The predicted molar refractivity (Wildman–Crippen MR) is 129 cm³/mol. The van der Waals surface area contributed by atoms with E-state index >= 15 is 0 Å². The summed E-state index contributed by atoms with van der Waals surface area (Å²) in [5, 5.41) is 0.161. The fourth-order valence-electron chi connectivity index (χ4n) is 6.41. The fraction of sp³-hybridized carbons (Fsp3) is 0.808. The number of nitrogens with zero attached hydrogens (tertiary/aromatic N) is 2. The van der Waals surface area contributed by atoms with E-state index in [2.05, 4.69) is 31.5 Å². The highest BCUT2D eigenvalue weighted by molar-refractivity contribution is 7.39. The maximum Gasteiger partial charge on any atom is 0.391 e. The molecule has 2 saturated heterocycles. The highest BCUT2D eigenvalue weighted by atomic mass is 31.1. The molecule has 1 spiro atoms. The monoisotopic (exact) mass is 484 g/mol. The molecule has 0 aromatic carbocycles. The van der Waals surface area contributed by atoms with E-state index in [1.165, 1.54) is 5.57 Å². The van der Waals surface area contributed by atoms with Gasteiger partial charge in [0.25, 0.3) is 0 Å². The van der Waals surface area contributed by atoms with Gasteiger partial charge in [-0.05, 0) is 63.0 Å². The van der Waals surface area contributed by atoms with Gasteiger partial charge in [0.05, 0.1) is 5.92 Å². The highest BCUT2D eigenvalue weighted by Gasteiger charge is 2.53. The van der Waals surface area contributed by atoms with Gasteiger partial charge in [-0.1, -0.05) is 53.5 Å². The first-order chi connectivity index (χ1) is 15.5. The zero-order valence-corrected chi connectivity index (χ0v) is 21.8. The first kappa shape index (κ1) is 25.2. The summed E-state index contributed by atoms with van der Waals surface area (Å²) in [6, 6.07) is 0.484. The molecule has 2 heterocycles. The minimum atomic E-state index is -4.22. The van der Waals surface area contributed by atoms with Gasteiger partial charge in [-0.3, -0.25) is 9.46 Å². The van der Waals surface area contributed by atoms with E-state index in [-0.39, 0.29) is 23.9 Å². The topological polar surface area (TPSA) is 23.6 Å². The van der Waals surface area contributed by atoms with Crippen LogP contribution < -0.4 is 0 Å². The van der Waals surface area contributed by atoms with Gasteiger partial charge in [-0.15, -0.1) is 0 Å². The van der Waals surface area contributed by atoms with E-state index < -0.39 is 18.0 Å². The zero-order valence-electron chi connectivity index (χ0n) is 20.8. The number of likely N-dealkylation sites (tertiary alicyclic amines) is 1. The molecular formula is C26H40F3N2OP. The molecule has 186 valence electrons. The molecule has 7 unspecified atom stereocenters. The predicted octanol–water partition coefficient (Wildman–Crippen LogP) is 6.56. The van der Waals surface area contributed by atoms with E-state index in [9.17, 15) is 18.0 Å².